The minimum absolute atomic E-state index is 0.0258. The molecule has 1 aromatic heterocycles. The summed E-state index contributed by atoms with van der Waals surface area (Å²) < 4.78 is 0. The van der Waals surface area contributed by atoms with E-state index in [0.29, 0.717) is 23.9 Å². The standard InChI is InChI=1S/C35H44N4O3/c1-23(2)34(41)29-13-12-27-15-17-39(18-16-28(27)19-29)22-26-10-8-25(9-11-26)20-36-33(40)21-37-35(42)31-5-4-6-32-30(31)14-7-24(3)38-32/h4-7,12-14,19,23,25-26H,8-11,15-18,20-22H2,1-3H3,(H,36,40)(H,37,42). The van der Waals surface area contributed by atoms with Gasteiger partial charge in [0, 0.05) is 54.3 Å². The van der Waals surface area contributed by atoms with Crippen molar-refractivity contribution in [2.75, 3.05) is 32.7 Å². The lowest BCUT2D eigenvalue weighted by atomic mass is 9.81. The maximum absolute atomic E-state index is 12.8. The number of aryl methyl sites for hydroxylation is 1. The molecule has 222 valence electrons. The molecule has 1 saturated carbocycles. The number of carbonyl (C=O) groups is 3. The molecule has 42 heavy (non-hydrogen) atoms. The number of nitrogens with zero attached hydrogens (tertiary/aromatic N) is 2. The van der Waals surface area contributed by atoms with Crippen LogP contribution in [0.5, 0.6) is 0 Å². The number of hydrogen-bond donors (Lipinski definition) is 2. The molecule has 0 unspecified atom stereocenters. The van der Waals surface area contributed by atoms with E-state index in [2.05, 4.69) is 32.7 Å². The van der Waals surface area contributed by atoms with E-state index in [0.717, 1.165) is 67.5 Å². The third-order valence-corrected chi connectivity index (χ3v) is 9.01. The molecule has 0 atom stereocenters. The highest BCUT2D eigenvalue weighted by atomic mass is 16.2. The highest BCUT2D eigenvalue weighted by molar-refractivity contribution is 6.07. The van der Waals surface area contributed by atoms with Crippen LogP contribution in [0.25, 0.3) is 10.9 Å². The Morgan fingerprint density at radius 1 is 0.905 bits per heavy atom. The van der Waals surface area contributed by atoms with E-state index in [4.69, 9.17) is 0 Å². The smallest absolute Gasteiger partial charge is 0.252 e. The van der Waals surface area contributed by atoms with Crippen molar-refractivity contribution < 1.29 is 14.4 Å². The monoisotopic (exact) mass is 568 g/mol. The highest BCUT2D eigenvalue weighted by Gasteiger charge is 2.25. The third kappa shape index (κ3) is 7.43. The van der Waals surface area contributed by atoms with E-state index in [9.17, 15) is 14.4 Å². The van der Waals surface area contributed by atoms with Crippen LogP contribution in [0.3, 0.4) is 0 Å². The molecule has 2 aliphatic rings. The highest BCUT2D eigenvalue weighted by Crippen LogP contribution is 2.30. The molecular formula is C35H44N4O3. The van der Waals surface area contributed by atoms with E-state index in [-0.39, 0.29) is 30.1 Å². The zero-order valence-electron chi connectivity index (χ0n) is 25.2. The lowest BCUT2D eigenvalue weighted by molar-refractivity contribution is -0.120. The van der Waals surface area contributed by atoms with Gasteiger partial charge in [-0.1, -0.05) is 38.1 Å². The van der Waals surface area contributed by atoms with Gasteiger partial charge in [-0.15, -0.1) is 0 Å². The minimum atomic E-state index is -0.261. The Morgan fingerprint density at radius 3 is 2.40 bits per heavy atom. The van der Waals surface area contributed by atoms with Crippen LogP contribution in [0.4, 0.5) is 0 Å². The second kappa shape index (κ2) is 13.6. The molecule has 2 N–H and O–H groups in total. The first kappa shape index (κ1) is 29.9. The Morgan fingerprint density at radius 2 is 1.64 bits per heavy atom. The van der Waals surface area contributed by atoms with Gasteiger partial charge in [-0.05, 0) is 92.7 Å². The molecule has 2 aromatic carbocycles. The molecule has 1 fully saturated rings. The SMILES string of the molecule is Cc1ccc2c(C(=O)NCC(=O)NCC3CCC(CN4CCc5ccc(C(=O)C(C)C)cc5CC4)CC3)cccc2n1. The fraction of sp³-hybridized carbons (Fsp3) is 0.486. The van der Waals surface area contributed by atoms with Gasteiger partial charge in [0.15, 0.2) is 5.78 Å². The summed E-state index contributed by atoms with van der Waals surface area (Å²) >= 11 is 0. The number of nitrogens with one attached hydrogen (secondary N) is 2. The second-order valence-corrected chi connectivity index (χ2v) is 12.5. The topological polar surface area (TPSA) is 91.4 Å². The van der Waals surface area contributed by atoms with Gasteiger partial charge in [-0.25, -0.2) is 0 Å². The number of carbonyl (C=O) groups excluding carboxylic acids is 3. The summed E-state index contributed by atoms with van der Waals surface area (Å²) in [5.74, 6) is 1.02. The molecule has 2 heterocycles. The van der Waals surface area contributed by atoms with Gasteiger partial charge in [0.25, 0.3) is 5.91 Å². The van der Waals surface area contributed by atoms with Gasteiger partial charge in [-0.3, -0.25) is 19.4 Å². The largest absolute Gasteiger partial charge is 0.354 e. The summed E-state index contributed by atoms with van der Waals surface area (Å²) in [6.45, 7) is 9.72. The van der Waals surface area contributed by atoms with Crippen LogP contribution >= 0.6 is 0 Å². The van der Waals surface area contributed by atoms with Crippen molar-refractivity contribution in [2.45, 2.75) is 59.3 Å². The molecule has 5 rings (SSSR count). The Labute approximate surface area is 249 Å². The van der Waals surface area contributed by atoms with E-state index in [1.807, 2.05) is 51.1 Å². The summed E-state index contributed by atoms with van der Waals surface area (Å²) in [6, 6.07) is 15.6. The minimum Gasteiger partial charge on any atom is -0.354 e. The zero-order chi connectivity index (χ0) is 29.6. The summed E-state index contributed by atoms with van der Waals surface area (Å²) in [6.07, 6.45) is 6.65. The summed E-state index contributed by atoms with van der Waals surface area (Å²) in [5.41, 5.74) is 5.78. The van der Waals surface area contributed by atoms with Gasteiger partial charge in [0.05, 0.1) is 12.1 Å². The Hall–Kier alpha value is -3.58. The van der Waals surface area contributed by atoms with Gasteiger partial charge in [-0.2, -0.15) is 0 Å². The first-order valence-corrected chi connectivity index (χ1v) is 15.6. The van der Waals surface area contributed by atoms with E-state index < -0.39 is 0 Å². The quantitative estimate of drug-likeness (QED) is 0.349. The third-order valence-electron chi connectivity index (χ3n) is 9.01. The number of pyridine rings is 1. The summed E-state index contributed by atoms with van der Waals surface area (Å²) in [4.78, 5) is 44.8. The fourth-order valence-electron chi connectivity index (χ4n) is 6.46. The van der Waals surface area contributed by atoms with Gasteiger partial charge < -0.3 is 15.5 Å². The molecule has 2 amide bonds. The molecule has 0 spiro atoms. The van der Waals surface area contributed by atoms with Crippen LogP contribution in [0.1, 0.15) is 77.1 Å². The Balaban J connectivity index is 1.01. The van der Waals surface area contributed by atoms with Crippen LogP contribution in [0, 0.1) is 24.7 Å². The first-order chi connectivity index (χ1) is 20.3. The van der Waals surface area contributed by atoms with Crippen molar-refractivity contribution in [3.05, 3.63) is 76.5 Å². The van der Waals surface area contributed by atoms with Crippen molar-refractivity contribution in [1.82, 2.24) is 20.5 Å². The van der Waals surface area contributed by atoms with Crippen molar-refractivity contribution >= 4 is 28.5 Å². The number of aromatic nitrogens is 1. The molecule has 1 aliphatic carbocycles. The van der Waals surface area contributed by atoms with Crippen molar-refractivity contribution in [1.29, 1.82) is 0 Å². The molecule has 7 nitrogen and oxygen atoms in total. The number of benzene rings is 2. The first-order valence-electron chi connectivity index (χ1n) is 15.6. The Bertz CT molecular complexity index is 1440. The normalized spacial score (nSPS) is 19.2. The lowest BCUT2D eigenvalue weighted by Crippen LogP contribution is -2.40. The second-order valence-electron chi connectivity index (χ2n) is 12.5. The molecule has 3 aromatic rings. The lowest BCUT2D eigenvalue weighted by Gasteiger charge is -2.32. The maximum atomic E-state index is 12.8. The average molecular weight is 569 g/mol. The van der Waals surface area contributed by atoms with Crippen LogP contribution in [-0.2, 0) is 17.6 Å². The molecule has 1 aliphatic heterocycles. The fourth-order valence-corrected chi connectivity index (χ4v) is 6.46. The number of rotatable bonds is 9. The molecule has 0 bridgehead atoms. The number of fused-ring (bicyclic) bond motifs is 2. The Kier molecular flexibility index (Phi) is 9.68. The molecular weight excluding hydrogens is 524 g/mol. The van der Waals surface area contributed by atoms with Gasteiger partial charge in [0.1, 0.15) is 0 Å². The van der Waals surface area contributed by atoms with Crippen LogP contribution < -0.4 is 10.6 Å². The maximum Gasteiger partial charge on any atom is 0.252 e. The summed E-state index contributed by atoms with van der Waals surface area (Å²) in [5, 5.41) is 6.59. The summed E-state index contributed by atoms with van der Waals surface area (Å²) in [7, 11) is 0. The van der Waals surface area contributed by atoms with Crippen LogP contribution in [0.2, 0.25) is 0 Å². The van der Waals surface area contributed by atoms with Crippen molar-refractivity contribution in [3.8, 4) is 0 Å². The number of ketones is 1. The average Bonchev–Trinajstić information content (AvgIpc) is 3.20. The van der Waals surface area contributed by atoms with E-state index in [1.165, 1.54) is 24.0 Å². The van der Waals surface area contributed by atoms with Crippen LogP contribution in [0.15, 0.2) is 48.5 Å². The zero-order valence-corrected chi connectivity index (χ0v) is 25.2. The van der Waals surface area contributed by atoms with Crippen LogP contribution in [-0.4, -0.2) is 60.2 Å². The van der Waals surface area contributed by atoms with E-state index in [1.54, 1.807) is 6.07 Å². The molecule has 7 heteroatoms. The number of amides is 2. The predicted octanol–water partition coefficient (Wildman–Crippen LogP) is 5.14. The van der Waals surface area contributed by atoms with Crippen molar-refractivity contribution in [3.63, 3.8) is 0 Å². The molecule has 0 radical (unpaired) electrons. The number of Topliss-reactive ketones (excluding diaryl/α,β-unsaturated/α-hetero) is 1. The molecule has 0 saturated heterocycles. The van der Waals surface area contributed by atoms with E-state index >= 15 is 0 Å². The van der Waals surface area contributed by atoms with Gasteiger partial charge in [0.2, 0.25) is 5.91 Å². The van der Waals surface area contributed by atoms with Crippen molar-refractivity contribution in [2.24, 2.45) is 17.8 Å². The predicted molar refractivity (Wildman–Crippen MR) is 167 cm³/mol. The van der Waals surface area contributed by atoms with Gasteiger partial charge >= 0.3 is 0 Å². The number of hydrogen-bond acceptors (Lipinski definition) is 5.